The first-order valence-electron chi connectivity index (χ1n) is 8.91. The number of hydrogen-bond donors (Lipinski definition) is 1. The molecule has 1 aliphatic carbocycles. The Balaban J connectivity index is 1.56. The summed E-state index contributed by atoms with van der Waals surface area (Å²) in [6.45, 7) is 1.13. The molecule has 1 saturated heterocycles. The summed E-state index contributed by atoms with van der Waals surface area (Å²) in [5.74, 6) is 0.0352. The zero-order chi connectivity index (χ0) is 17.4. The molecule has 25 heavy (non-hydrogen) atoms. The topological polar surface area (TPSA) is 88.9 Å². The molecule has 2 aromatic rings. The highest BCUT2D eigenvalue weighted by atomic mass is 16.5. The summed E-state index contributed by atoms with van der Waals surface area (Å²) < 4.78 is 7.30. The molecule has 1 N–H and O–H groups in total. The van der Waals surface area contributed by atoms with Crippen molar-refractivity contribution in [3.63, 3.8) is 0 Å². The van der Waals surface area contributed by atoms with Crippen molar-refractivity contribution in [1.29, 1.82) is 0 Å². The number of amides is 1. The average molecular weight is 344 g/mol. The van der Waals surface area contributed by atoms with Crippen LogP contribution in [0.5, 0.6) is 0 Å². The van der Waals surface area contributed by atoms with E-state index in [0.29, 0.717) is 18.8 Å². The van der Waals surface area contributed by atoms with Gasteiger partial charge in [-0.25, -0.2) is 0 Å². The Labute approximate surface area is 146 Å². The van der Waals surface area contributed by atoms with E-state index in [2.05, 4.69) is 20.5 Å². The molecule has 1 fully saturated rings. The van der Waals surface area contributed by atoms with Crippen LogP contribution >= 0.6 is 0 Å². The highest BCUT2D eigenvalue weighted by molar-refractivity contribution is 5.94. The number of hydrogen-bond acceptors (Lipinski definition) is 5. The minimum Gasteiger partial charge on any atom is -0.379 e. The van der Waals surface area contributed by atoms with E-state index in [1.807, 2.05) is 18.1 Å². The lowest BCUT2D eigenvalue weighted by atomic mass is 10.0. The van der Waals surface area contributed by atoms with Crippen molar-refractivity contribution in [2.75, 3.05) is 20.2 Å². The smallest absolute Gasteiger partial charge is 0.274 e. The first-order chi connectivity index (χ1) is 12.2. The van der Waals surface area contributed by atoms with Gasteiger partial charge in [0.05, 0.1) is 17.7 Å². The van der Waals surface area contributed by atoms with Crippen LogP contribution in [0.1, 0.15) is 52.6 Å². The fourth-order valence-electron chi connectivity index (χ4n) is 3.98. The van der Waals surface area contributed by atoms with Gasteiger partial charge in [-0.1, -0.05) is 11.6 Å². The van der Waals surface area contributed by atoms with Crippen LogP contribution in [0, 0.1) is 0 Å². The van der Waals surface area contributed by atoms with E-state index in [1.54, 1.807) is 11.8 Å². The zero-order valence-electron chi connectivity index (χ0n) is 14.7. The third-order valence-electron chi connectivity index (χ3n) is 5.37. The van der Waals surface area contributed by atoms with Crippen LogP contribution in [-0.2, 0) is 24.6 Å². The van der Waals surface area contributed by atoms with Crippen molar-refractivity contribution in [3.8, 4) is 0 Å². The third-order valence-corrected chi connectivity index (χ3v) is 5.37. The molecule has 4 rings (SSSR count). The van der Waals surface area contributed by atoms with Crippen LogP contribution in [0.2, 0.25) is 0 Å². The number of aryl methyl sites for hydroxylation is 2. The predicted molar refractivity (Wildman–Crippen MR) is 90.3 cm³/mol. The lowest BCUT2D eigenvalue weighted by molar-refractivity contribution is 0.0708. The molecule has 134 valence electrons. The Bertz CT molecular complexity index is 767. The maximum absolute atomic E-state index is 13.1. The lowest BCUT2D eigenvalue weighted by Gasteiger charge is -2.15. The minimum atomic E-state index is -0.0711. The molecular weight excluding hydrogens is 320 g/mol. The molecule has 0 bridgehead atoms. The first kappa shape index (κ1) is 16.3. The summed E-state index contributed by atoms with van der Waals surface area (Å²) in [6.07, 6.45) is 7.23. The van der Waals surface area contributed by atoms with Gasteiger partial charge in [0.1, 0.15) is 0 Å². The van der Waals surface area contributed by atoms with Gasteiger partial charge in [-0.2, -0.15) is 5.10 Å². The van der Waals surface area contributed by atoms with Crippen molar-refractivity contribution < 1.29 is 9.53 Å². The molecule has 2 atom stereocenters. The number of nitrogens with one attached hydrogen (secondary N) is 1. The Morgan fingerprint density at radius 2 is 2.12 bits per heavy atom. The Morgan fingerprint density at radius 3 is 2.88 bits per heavy atom. The van der Waals surface area contributed by atoms with Gasteiger partial charge in [-0.05, 0) is 25.7 Å². The number of rotatable bonds is 3. The van der Waals surface area contributed by atoms with Crippen molar-refractivity contribution in [1.82, 2.24) is 30.1 Å². The minimum absolute atomic E-state index is 0.00663. The monoisotopic (exact) mass is 344 g/mol. The van der Waals surface area contributed by atoms with Gasteiger partial charge in [-0.15, -0.1) is 5.10 Å². The van der Waals surface area contributed by atoms with Crippen LogP contribution in [0.15, 0.2) is 6.20 Å². The van der Waals surface area contributed by atoms with E-state index in [0.717, 1.165) is 42.6 Å². The fraction of sp³-hybridized carbons (Fsp3) is 0.647. The molecule has 0 spiro atoms. The third kappa shape index (κ3) is 2.95. The van der Waals surface area contributed by atoms with Crippen molar-refractivity contribution in [2.24, 2.45) is 7.05 Å². The van der Waals surface area contributed by atoms with E-state index < -0.39 is 0 Å². The van der Waals surface area contributed by atoms with Crippen molar-refractivity contribution >= 4 is 5.91 Å². The summed E-state index contributed by atoms with van der Waals surface area (Å²) in [5.41, 5.74) is 3.70. The number of carbonyl (C=O) groups excluding carboxylic acids is 1. The molecule has 1 aliphatic heterocycles. The number of aromatic nitrogens is 5. The quantitative estimate of drug-likeness (QED) is 0.841. The number of likely N-dealkylation sites (tertiary alicyclic amines) is 1. The number of ether oxygens (including phenoxy) is 1. The van der Waals surface area contributed by atoms with Gasteiger partial charge >= 0.3 is 0 Å². The summed E-state index contributed by atoms with van der Waals surface area (Å²) in [6, 6.07) is 0. The number of fused-ring (bicyclic) bond motifs is 1. The van der Waals surface area contributed by atoms with Crippen LogP contribution in [0.4, 0.5) is 0 Å². The molecule has 1 amide bonds. The first-order valence-corrected chi connectivity index (χ1v) is 8.91. The van der Waals surface area contributed by atoms with Crippen LogP contribution in [-0.4, -0.2) is 62.3 Å². The average Bonchev–Trinajstić information content (AvgIpc) is 3.29. The zero-order valence-corrected chi connectivity index (χ0v) is 14.7. The lowest BCUT2D eigenvalue weighted by Crippen LogP contribution is -2.31. The van der Waals surface area contributed by atoms with Gasteiger partial charge < -0.3 is 9.64 Å². The normalized spacial score (nSPS) is 23.5. The number of H-pyrrole nitrogens is 1. The Hall–Kier alpha value is -2.22. The number of carbonyl (C=O) groups is 1. The summed E-state index contributed by atoms with van der Waals surface area (Å²) in [4.78, 5) is 14.9. The Kier molecular flexibility index (Phi) is 4.29. The van der Waals surface area contributed by atoms with Crippen LogP contribution < -0.4 is 0 Å². The maximum Gasteiger partial charge on any atom is 0.274 e. The molecule has 0 saturated carbocycles. The van der Waals surface area contributed by atoms with Crippen molar-refractivity contribution in [2.45, 2.75) is 44.1 Å². The molecular formula is C17H24N6O2. The predicted octanol–water partition coefficient (Wildman–Crippen LogP) is 1.06. The van der Waals surface area contributed by atoms with E-state index >= 15 is 0 Å². The summed E-state index contributed by atoms with van der Waals surface area (Å²) in [5, 5.41) is 15.7. The summed E-state index contributed by atoms with van der Waals surface area (Å²) >= 11 is 0. The molecule has 3 heterocycles. The number of nitrogens with zero attached hydrogens (tertiary/aromatic N) is 5. The van der Waals surface area contributed by atoms with Gasteiger partial charge in [0.2, 0.25) is 0 Å². The number of aromatic amines is 1. The number of methoxy groups -OCH3 is 1. The standard InChI is InChI=1S/C17H24N6O2/c1-22-9-14(19-21-22)12-8-23(10-15(12)25-2)17(24)16-11-6-4-3-5-7-13(11)18-20-16/h9,12,15H,3-8,10H2,1-2H3,(H,18,20)/t12-,15+/m0/s1. The highest BCUT2D eigenvalue weighted by Crippen LogP contribution is 2.30. The molecule has 8 heteroatoms. The second kappa shape index (κ2) is 6.59. The fourth-order valence-corrected chi connectivity index (χ4v) is 3.98. The second-order valence-electron chi connectivity index (χ2n) is 7.00. The van der Waals surface area contributed by atoms with E-state index in [-0.39, 0.29) is 17.9 Å². The highest BCUT2D eigenvalue weighted by Gasteiger charge is 2.39. The van der Waals surface area contributed by atoms with Gasteiger partial charge in [-0.3, -0.25) is 14.6 Å². The molecule has 0 radical (unpaired) electrons. The molecule has 0 aromatic carbocycles. The van der Waals surface area contributed by atoms with E-state index in [4.69, 9.17) is 4.74 Å². The Morgan fingerprint density at radius 1 is 1.28 bits per heavy atom. The van der Waals surface area contributed by atoms with E-state index in [9.17, 15) is 4.79 Å². The van der Waals surface area contributed by atoms with Gasteiger partial charge in [0.25, 0.3) is 5.91 Å². The summed E-state index contributed by atoms with van der Waals surface area (Å²) in [7, 11) is 3.53. The largest absolute Gasteiger partial charge is 0.379 e. The van der Waals surface area contributed by atoms with Crippen LogP contribution in [0.25, 0.3) is 0 Å². The maximum atomic E-state index is 13.1. The molecule has 8 nitrogen and oxygen atoms in total. The van der Waals surface area contributed by atoms with Gasteiger partial charge in [0, 0.05) is 44.7 Å². The second-order valence-corrected chi connectivity index (χ2v) is 7.00. The van der Waals surface area contributed by atoms with Gasteiger partial charge in [0.15, 0.2) is 5.69 Å². The van der Waals surface area contributed by atoms with E-state index in [1.165, 1.54) is 6.42 Å². The molecule has 2 aliphatic rings. The SMILES string of the molecule is CO[C@@H]1CN(C(=O)c2n[nH]c3c2CCCCC3)C[C@H]1c1cn(C)nn1. The van der Waals surface area contributed by atoms with Crippen LogP contribution in [0.3, 0.4) is 0 Å². The van der Waals surface area contributed by atoms with Crippen molar-refractivity contribution in [3.05, 3.63) is 28.8 Å². The molecule has 2 aromatic heterocycles. The molecule has 0 unspecified atom stereocenters.